The summed E-state index contributed by atoms with van der Waals surface area (Å²) in [4.78, 5) is 25.4. The molecule has 1 atom stereocenters. The molecule has 0 unspecified atom stereocenters. The summed E-state index contributed by atoms with van der Waals surface area (Å²) in [5, 5.41) is 6.29. The fourth-order valence-corrected chi connectivity index (χ4v) is 2.69. The minimum absolute atomic E-state index is 0.125. The number of amides is 1. The Hall–Kier alpha value is -3.05. The first-order valence-corrected chi connectivity index (χ1v) is 8.80. The minimum Gasteiger partial charge on any atom is -0.459 e. The number of ketones is 1. The number of hydrogen-bond donors (Lipinski definition) is 2. The van der Waals surface area contributed by atoms with Crippen molar-refractivity contribution in [3.8, 4) is 0 Å². The van der Waals surface area contributed by atoms with Crippen LogP contribution < -0.4 is 10.6 Å². The first kappa shape index (κ1) is 18.7. The predicted molar refractivity (Wildman–Crippen MR) is 105 cm³/mol. The summed E-state index contributed by atoms with van der Waals surface area (Å²) in [6, 6.07) is 15.7. The molecule has 0 bridgehead atoms. The van der Waals surface area contributed by atoms with E-state index in [1.807, 2.05) is 32.0 Å². The summed E-state index contributed by atoms with van der Waals surface area (Å²) in [7, 11) is 0. The van der Waals surface area contributed by atoms with Crippen LogP contribution >= 0.6 is 11.6 Å². The average Bonchev–Trinajstić information content (AvgIpc) is 3.19. The van der Waals surface area contributed by atoms with Crippen LogP contribution in [0.2, 0.25) is 5.02 Å². The van der Waals surface area contributed by atoms with Gasteiger partial charge in [0.2, 0.25) is 5.78 Å². The molecule has 0 aliphatic rings. The number of rotatable bonds is 6. The number of anilines is 1. The Morgan fingerprint density at radius 3 is 2.41 bits per heavy atom. The van der Waals surface area contributed by atoms with Gasteiger partial charge in [-0.25, -0.2) is 0 Å². The molecular formula is C21H19ClN2O3. The van der Waals surface area contributed by atoms with Gasteiger partial charge in [-0.15, -0.1) is 0 Å². The highest BCUT2D eigenvalue weighted by Crippen LogP contribution is 2.21. The Morgan fingerprint density at radius 2 is 1.78 bits per heavy atom. The number of halogens is 1. The summed E-state index contributed by atoms with van der Waals surface area (Å²) < 4.78 is 5.11. The van der Waals surface area contributed by atoms with Gasteiger partial charge in [-0.3, -0.25) is 9.59 Å². The number of nitrogens with one attached hydrogen (secondary N) is 2. The molecule has 0 spiro atoms. The fourth-order valence-electron chi connectivity index (χ4n) is 2.51. The minimum atomic E-state index is -0.982. The van der Waals surface area contributed by atoms with E-state index in [4.69, 9.17) is 16.0 Å². The lowest BCUT2D eigenvalue weighted by Crippen LogP contribution is -2.46. The molecule has 0 aliphatic heterocycles. The van der Waals surface area contributed by atoms with Crippen molar-refractivity contribution in [3.63, 3.8) is 0 Å². The van der Waals surface area contributed by atoms with Crippen LogP contribution in [0.1, 0.15) is 32.0 Å². The number of carbonyl (C=O) groups excluding carboxylic acids is 2. The van der Waals surface area contributed by atoms with E-state index < -0.39 is 12.1 Å². The molecule has 0 aliphatic carbocycles. The van der Waals surface area contributed by atoms with E-state index >= 15 is 0 Å². The summed E-state index contributed by atoms with van der Waals surface area (Å²) in [5.41, 5.74) is 3.07. The highest BCUT2D eigenvalue weighted by atomic mass is 35.5. The molecule has 0 saturated heterocycles. The van der Waals surface area contributed by atoms with Crippen LogP contribution in [0.4, 0.5) is 5.69 Å². The number of furan rings is 1. The van der Waals surface area contributed by atoms with E-state index in [1.165, 1.54) is 12.3 Å². The summed E-state index contributed by atoms with van der Waals surface area (Å²) in [6.07, 6.45) is 0.419. The maximum atomic E-state index is 13.0. The van der Waals surface area contributed by atoms with E-state index in [1.54, 1.807) is 30.3 Å². The Labute approximate surface area is 162 Å². The number of hydrogen-bond acceptors (Lipinski definition) is 4. The Bertz CT molecular complexity index is 950. The van der Waals surface area contributed by atoms with Gasteiger partial charge >= 0.3 is 0 Å². The summed E-state index contributed by atoms with van der Waals surface area (Å²) in [5.74, 6) is -0.636. The lowest BCUT2D eigenvalue weighted by atomic mass is 10.1. The topological polar surface area (TPSA) is 71.3 Å². The van der Waals surface area contributed by atoms with Gasteiger partial charge in [0.25, 0.3) is 5.91 Å². The maximum Gasteiger partial charge on any atom is 0.288 e. The largest absolute Gasteiger partial charge is 0.459 e. The second kappa shape index (κ2) is 8.10. The zero-order valence-corrected chi connectivity index (χ0v) is 15.7. The third kappa shape index (κ3) is 4.57. The molecule has 2 aromatic carbocycles. The van der Waals surface area contributed by atoms with Crippen LogP contribution in [0.5, 0.6) is 0 Å². The number of carbonyl (C=O) groups is 2. The van der Waals surface area contributed by atoms with Gasteiger partial charge in [0.05, 0.1) is 6.26 Å². The molecule has 5 nitrogen and oxygen atoms in total. The molecule has 0 saturated carbocycles. The molecule has 138 valence electrons. The van der Waals surface area contributed by atoms with Gasteiger partial charge in [0.15, 0.2) is 11.9 Å². The molecule has 0 radical (unpaired) electrons. The molecule has 1 amide bonds. The Morgan fingerprint density at radius 1 is 1.04 bits per heavy atom. The first-order chi connectivity index (χ1) is 12.9. The van der Waals surface area contributed by atoms with Crippen molar-refractivity contribution in [2.45, 2.75) is 20.0 Å². The SMILES string of the molecule is Cc1ccc(C(=O)[C@@H](NC(=O)c2ccco2)Nc2ccc(C)c(Cl)c2)cc1. The lowest BCUT2D eigenvalue weighted by Gasteiger charge is -2.20. The number of Topliss-reactive ketones (excluding diaryl/α,β-unsaturated/α-hetero) is 1. The molecule has 0 fully saturated rings. The second-order valence-corrected chi connectivity index (χ2v) is 6.63. The van der Waals surface area contributed by atoms with Gasteiger partial charge in [-0.1, -0.05) is 47.5 Å². The molecule has 2 N–H and O–H groups in total. The quantitative estimate of drug-likeness (QED) is 0.482. The molecule has 6 heteroatoms. The van der Waals surface area contributed by atoms with Crippen molar-refractivity contribution in [3.05, 3.63) is 88.3 Å². The summed E-state index contributed by atoms with van der Waals surface area (Å²) >= 11 is 6.17. The van der Waals surface area contributed by atoms with Crippen molar-refractivity contribution in [2.75, 3.05) is 5.32 Å². The smallest absolute Gasteiger partial charge is 0.288 e. The number of aryl methyl sites for hydroxylation is 2. The molecule has 1 heterocycles. The van der Waals surface area contributed by atoms with Gasteiger partial charge in [0.1, 0.15) is 0 Å². The summed E-state index contributed by atoms with van der Waals surface area (Å²) in [6.45, 7) is 3.83. The fraction of sp³-hybridized carbons (Fsp3) is 0.143. The van der Waals surface area contributed by atoms with Gasteiger partial charge in [-0.2, -0.15) is 0 Å². The first-order valence-electron chi connectivity index (χ1n) is 8.42. The van der Waals surface area contributed by atoms with Crippen LogP contribution in [-0.2, 0) is 0 Å². The molecule has 1 aromatic heterocycles. The Balaban J connectivity index is 1.87. The lowest BCUT2D eigenvalue weighted by molar-refractivity contribution is 0.0853. The molecule has 3 rings (SSSR count). The van der Waals surface area contributed by atoms with Crippen molar-refractivity contribution in [1.82, 2.24) is 5.32 Å². The van der Waals surface area contributed by atoms with Crippen LogP contribution in [0, 0.1) is 13.8 Å². The van der Waals surface area contributed by atoms with Crippen LogP contribution in [0.15, 0.2) is 65.3 Å². The van der Waals surface area contributed by atoms with E-state index in [9.17, 15) is 9.59 Å². The highest BCUT2D eigenvalue weighted by molar-refractivity contribution is 6.31. The van der Waals surface area contributed by atoms with Gasteiger partial charge in [0, 0.05) is 16.3 Å². The maximum absolute atomic E-state index is 13.0. The van der Waals surface area contributed by atoms with Crippen molar-refractivity contribution < 1.29 is 14.0 Å². The number of benzene rings is 2. The van der Waals surface area contributed by atoms with E-state index in [0.29, 0.717) is 16.3 Å². The van der Waals surface area contributed by atoms with Gasteiger partial charge < -0.3 is 15.1 Å². The van der Waals surface area contributed by atoms with Crippen LogP contribution in [0.3, 0.4) is 0 Å². The third-order valence-corrected chi connectivity index (χ3v) is 4.51. The monoisotopic (exact) mass is 382 g/mol. The zero-order valence-electron chi connectivity index (χ0n) is 15.0. The standard InChI is InChI=1S/C21H19ClN2O3/c1-13-5-8-15(9-6-13)19(25)20(24-21(26)18-4-3-11-27-18)23-16-10-7-14(2)17(22)12-16/h3-12,20,23H,1-2H3,(H,24,26)/t20-/m1/s1. The van der Waals surface area contributed by atoms with Crippen LogP contribution in [0.25, 0.3) is 0 Å². The van der Waals surface area contributed by atoms with Crippen molar-refractivity contribution in [1.29, 1.82) is 0 Å². The third-order valence-electron chi connectivity index (χ3n) is 4.10. The Kier molecular flexibility index (Phi) is 5.62. The van der Waals surface area contributed by atoms with E-state index in [0.717, 1.165) is 11.1 Å². The van der Waals surface area contributed by atoms with Crippen LogP contribution in [-0.4, -0.2) is 17.9 Å². The van der Waals surface area contributed by atoms with Crippen molar-refractivity contribution >= 4 is 29.0 Å². The average molecular weight is 383 g/mol. The van der Waals surface area contributed by atoms with Crippen molar-refractivity contribution in [2.24, 2.45) is 0 Å². The molecule has 27 heavy (non-hydrogen) atoms. The van der Waals surface area contributed by atoms with E-state index in [-0.39, 0.29) is 11.5 Å². The van der Waals surface area contributed by atoms with E-state index in [2.05, 4.69) is 10.6 Å². The second-order valence-electron chi connectivity index (χ2n) is 6.22. The predicted octanol–water partition coefficient (Wildman–Crippen LogP) is 4.60. The normalized spacial score (nSPS) is 11.7. The zero-order chi connectivity index (χ0) is 19.4. The molecular weight excluding hydrogens is 364 g/mol. The molecule has 3 aromatic rings. The van der Waals surface area contributed by atoms with Gasteiger partial charge in [-0.05, 0) is 43.7 Å². The highest BCUT2D eigenvalue weighted by Gasteiger charge is 2.24.